The maximum atomic E-state index is 12.8. The number of carbonyl (C=O) groups excluding carboxylic acids is 3. The zero-order chi connectivity index (χ0) is 22.0. The van der Waals surface area contributed by atoms with Gasteiger partial charge < -0.3 is 0 Å². The van der Waals surface area contributed by atoms with Crippen LogP contribution < -0.4 is 0 Å². The van der Waals surface area contributed by atoms with Gasteiger partial charge >= 0.3 is 0 Å². The Bertz CT molecular complexity index is 1420. The maximum absolute atomic E-state index is 12.8. The molecule has 2 aromatic carbocycles. The van der Waals surface area contributed by atoms with Crippen molar-refractivity contribution in [2.45, 2.75) is 11.3 Å². The number of carbonyl (C=O) groups is 3. The van der Waals surface area contributed by atoms with Gasteiger partial charge in [0, 0.05) is 46.7 Å². The lowest BCUT2D eigenvalue weighted by Gasteiger charge is -2.03. The van der Waals surface area contributed by atoms with Crippen LogP contribution >= 0.6 is 0 Å². The molecule has 0 unspecified atom stereocenters. The molecule has 1 amide bonds. The fraction of sp³-hybridized carbons (Fsp3) is 0.0833. The van der Waals surface area contributed by atoms with Crippen molar-refractivity contribution in [3.8, 4) is 11.8 Å². The molecule has 1 atom stereocenters. The van der Waals surface area contributed by atoms with E-state index in [2.05, 4.69) is 21.2 Å². The van der Waals surface area contributed by atoms with Crippen LogP contribution in [0, 0.1) is 11.8 Å². The molecule has 0 aliphatic heterocycles. The molecule has 31 heavy (non-hydrogen) atoms. The number of nitrogens with zero attached hydrogens (tertiary/aromatic N) is 2. The van der Waals surface area contributed by atoms with Crippen LogP contribution in [0.3, 0.4) is 0 Å². The first-order chi connectivity index (χ1) is 14.8. The largest absolute Gasteiger partial charge is 0.290 e. The normalized spacial score (nSPS) is 14.2. The summed E-state index contributed by atoms with van der Waals surface area (Å²) in [6.45, 7) is 0. The highest BCUT2D eigenvalue weighted by Gasteiger charge is 2.27. The molecule has 0 radical (unpaired) electrons. The predicted molar refractivity (Wildman–Crippen MR) is 115 cm³/mol. The highest BCUT2D eigenvalue weighted by Crippen LogP contribution is 2.20. The third kappa shape index (κ3) is 4.34. The second-order valence-corrected chi connectivity index (χ2v) is 9.28. The molecular formula is C24H16N2O4S. The van der Waals surface area contributed by atoms with Gasteiger partial charge in [0.1, 0.15) is 0 Å². The minimum absolute atomic E-state index is 0.128. The number of hydrogen-bond donors (Lipinski definition) is 0. The zero-order valence-corrected chi connectivity index (χ0v) is 17.3. The van der Waals surface area contributed by atoms with Crippen molar-refractivity contribution >= 4 is 27.2 Å². The first kappa shape index (κ1) is 20.4. The molecule has 0 fully saturated rings. The Morgan fingerprint density at radius 1 is 1.00 bits per heavy atom. The highest BCUT2D eigenvalue weighted by molar-refractivity contribution is 7.93. The summed E-state index contributed by atoms with van der Waals surface area (Å²) in [6.07, 6.45) is 4.38. The zero-order valence-electron chi connectivity index (χ0n) is 16.5. The molecule has 1 heterocycles. The van der Waals surface area contributed by atoms with Crippen molar-refractivity contribution < 1.29 is 18.6 Å². The van der Waals surface area contributed by atoms with E-state index in [4.69, 9.17) is 0 Å². The van der Waals surface area contributed by atoms with Gasteiger partial charge in [0.15, 0.2) is 0 Å². The fourth-order valence-electron chi connectivity index (χ4n) is 3.13. The van der Waals surface area contributed by atoms with Gasteiger partial charge in [-0.25, -0.2) is 4.21 Å². The van der Waals surface area contributed by atoms with Crippen LogP contribution in [0.5, 0.6) is 0 Å². The van der Waals surface area contributed by atoms with E-state index < -0.39 is 27.2 Å². The fourth-order valence-corrected chi connectivity index (χ4v) is 4.32. The van der Waals surface area contributed by atoms with Crippen LogP contribution in [-0.2, 0) is 20.9 Å². The molecule has 7 heteroatoms. The number of benzene rings is 2. The molecule has 3 aromatic rings. The lowest BCUT2D eigenvalue weighted by molar-refractivity contribution is -0.114. The Morgan fingerprint density at radius 2 is 1.74 bits per heavy atom. The molecule has 0 N–H and O–H groups in total. The van der Waals surface area contributed by atoms with Gasteiger partial charge in [-0.3, -0.25) is 19.4 Å². The van der Waals surface area contributed by atoms with Gasteiger partial charge in [-0.15, -0.1) is 0 Å². The lowest BCUT2D eigenvalue weighted by Crippen LogP contribution is -2.05. The summed E-state index contributed by atoms with van der Waals surface area (Å²) in [7, 11) is -2.89. The topological polar surface area (TPSA) is 93.5 Å². The molecule has 1 aliphatic rings. The Morgan fingerprint density at radius 3 is 2.52 bits per heavy atom. The Labute approximate surface area is 179 Å². The van der Waals surface area contributed by atoms with Gasteiger partial charge in [0.25, 0.3) is 5.91 Å². The van der Waals surface area contributed by atoms with Crippen molar-refractivity contribution in [1.29, 1.82) is 0 Å². The van der Waals surface area contributed by atoms with Gasteiger partial charge in [-0.1, -0.05) is 36.1 Å². The number of hydrogen-bond acceptors (Lipinski definition) is 5. The summed E-state index contributed by atoms with van der Waals surface area (Å²) in [4.78, 5) is 40.5. The van der Waals surface area contributed by atoms with E-state index in [0.29, 0.717) is 27.1 Å². The van der Waals surface area contributed by atoms with Gasteiger partial charge in [-0.05, 0) is 35.9 Å². The van der Waals surface area contributed by atoms with Crippen molar-refractivity contribution in [2.24, 2.45) is 4.36 Å². The van der Waals surface area contributed by atoms with Gasteiger partial charge in [0.2, 0.25) is 11.6 Å². The third-order valence-electron chi connectivity index (χ3n) is 4.73. The molecule has 0 spiro atoms. The van der Waals surface area contributed by atoms with Crippen LogP contribution in [-0.4, -0.2) is 32.9 Å². The number of aromatic nitrogens is 1. The maximum Gasteiger partial charge on any atom is 0.286 e. The molecule has 0 saturated carbocycles. The molecule has 0 bridgehead atoms. The number of pyridine rings is 1. The first-order valence-electron chi connectivity index (χ1n) is 9.32. The quantitative estimate of drug-likeness (QED) is 0.462. The monoisotopic (exact) mass is 428 g/mol. The number of ketones is 2. The van der Waals surface area contributed by atoms with Crippen LogP contribution in [0.1, 0.15) is 37.4 Å². The summed E-state index contributed by atoms with van der Waals surface area (Å²) in [6, 6.07) is 15.2. The smallest absolute Gasteiger partial charge is 0.286 e. The summed E-state index contributed by atoms with van der Waals surface area (Å²) in [5.74, 6) is 4.26. The van der Waals surface area contributed by atoms with Crippen LogP contribution in [0.4, 0.5) is 0 Å². The van der Waals surface area contributed by atoms with Crippen LogP contribution in [0.2, 0.25) is 0 Å². The second kappa shape index (κ2) is 8.09. The second-order valence-electron chi connectivity index (χ2n) is 7.03. The SMILES string of the molecule is C[S@](=O)(=NC(=O)c1cncc(C#Cc2ccc3c(c2)C(=O)C(=O)C3)c1)c1ccccc1. The van der Waals surface area contributed by atoms with E-state index in [1.165, 1.54) is 24.7 Å². The number of amides is 1. The average Bonchev–Trinajstić information content (AvgIpc) is 3.06. The molecule has 6 nitrogen and oxygen atoms in total. The third-order valence-corrected chi connectivity index (χ3v) is 6.39. The van der Waals surface area contributed by atoms with Crippen molar-refractivity contribution in [1.82, 2.24) is 4.98 Å². The Hall–Kier alpha value is -3.89. The summed E-state index contributed by atoms with van der Waals surface area (Å²) in [5, 5.41) is 0. The Kier molecular flexibility index (Phi) is 5.32. The van der Waals surface area contributed by atoms with E-state index >= 15 is 0 Å². The van der Waals surface area contributed by atoms with E-state index in [9.17, 15) is 18.6 Å². The number of Topliss-reactive ketones (excluding diaryl/α,β-unsaturated/α-hetero) is 2. The lowest BCUT2D eigenvalue weighted by atomic mass is 10.1. The number of rotatable bonds is 2. The van der Waals surface area contributed by atoms with E-state index in [1.54, 1.807) is 48.5 Å². The van der Waals surface area contributed by atoms with E-state index in [0.717, 1.165) is 0 Å². The van der Waals surface area contributed by atoms with Crippen LogP contribution in [0.15, 0.2) is 76.2 Å². The van der Waals surface area contributed by atoms with Gasteiger partial charge in [0.05, 0.1) is 15.3 Å². The highest BCUT2D eigenvalue weighted by atomic mass is 32.2. The van der Waals surface area contributed by atoms with Crippen LogP contribution in [0.25, 0.3) is 0 Å². The molecule has 1 aromatic heterocycles. The molecule has 152 valence electrons. The number of fused-ring (bicyclic) bond motifs is 1. The van der Waals surface area contributed by atoms with Crippen molar-refractivity contribution in [2.75, 3.05) is 6.26 Å². The minimum Gasteiger partial charge on any atom is -0.290 e. The average molecular weight is 428 g/mol. The standard InChI is InChI=1S/C24H16N2O4S/c1-31(30,20-5-3-2-4-6-20)26-24(29)19-11-17(14-25-15-19)8-7-16-9-10-18-13-22(27)23(28)21(18)12-16/h2-6,9-12,14-15H,13H2,1H3/t31-/m1/s1. The van der Waals surface area contributed by atoms with Crippen molar-refractivity contribution in [3.05, 3.63) is 94.8 Å². The summed E-state index contributed by atoms with van der Waals surface area (Å²) in [5.41, 5.74) is 2.30. The predicted octanol–water partition coefficient (Wildman–Crippen LogP) is 3.09. The van der Waals surface area contributed by atoms with Crippen molar-refractivity contribution in [3.63, 3.8) is 0 Å². The van der Waals surface area contributed by atoms with E-state index in [1.807, 2.05) is 0 Å². The Balaban J connectivity index is 1.60. The molecule has 1 aliphatic carbocycles. The summed E-state index contributed by atoms with van der Waals surface area (Å²) < 4.78 is 16.7. The molecule has 0 saturated heterocycles. The van der Waals surface area contributed by atoms with Gasteiger partial charge in [-0.2, -0.15) is 4.36 Å². The first-order valence-corrected chi connectivity index (χ1v) is 11.2. The summed E-state index contributed by atoms with van der Waals surface area (Å²) >= 11 is 0. The molecule has 4 rings (SSSR count). The molecular weight excluding hydrogens is 412 g/mol. The van der Waals surface area contributed by atoms with E-state index in [-0.39, 0.29) is 12.0 Å². The minimum atomic E-state index is -2.89.